The largest absolute Gasteiger partial charge is 0.433 e. The molecule has 116 valence electrons. The fraction of sp³-hybridized carbons (Fsp3) is 0.0667. The van der Waals surface area contributed by atoms with E-state index in [1.807, 2.05) is 25.1 Å². The zero-order chi connectivity index (χ0) is 16.6. The molecule has 0 fully saturated rings. The van der Waals surface area contributed by atoms with E-state index in [1.165, 1.54) is 18.2 Å². The number of carbonyl (C=O) groups is 1. The highest BCUT2D eigenvalue weighted by molar-refractivity contribution is 14.1. The number of hydrogen-bond donors (Lipinski definition) is 0. The average Bonchev–Trinajstić information content (AvgIpc) is 3.10. The third-order valence-corrected chi connectivity index (χ3v) is 4.31. The number of cyclic esters (lactones) is 1. The number of furan rings is 1. The zero-order valence-corrected chi connectivity index (χ0v) is 13.9. The van der Waals surface area contributed by atoms with Gasteiger partial charge in [-0.25, -0.2) is 9.79 Å². The Morgan fingerprint density at radius 3 is 2.74 bits per heavy atom. The number of nitrogens with zero attached hydrogens (tertiary/aromatic N) is 2. The third kappa shape index (κ3) is 3.16. The van der Waals surface area contributed by atoms with E-state index in [0.717, 1.165) is 9.13 Å². The molecule has 0 saturated heterocycles. The average molecular weight is 424 g/mol. The van der Waals surface area contributed by atoms with E-state index >= 15 is 0 Å². The molecule has 2 heterocycles. The fourth-order valence-corrected chi connectivity index (χ4v) is 2.30. The molecule has 1 aromatic carbocycles. The van der Waals surface area contributed by atoms with Crippen molar-refractivity contribution >= 4 is 46.4 Å². The lowest BCUT2D eigenvalue weighted by Crippen LogP contribution is -2.05. The van der Waals surface area contributed by atoms with Gasteiger partial charge in [-0.15, -0.1) is 0 Å². The number of ether oxygens (including phenoxy) is 1. The van der Waals surface area contributed by atoms with Crippen molar-refractivity contribution in [3.8, 4) is 0 Å². The van der Waals surface area contributed by atoms with Gasteiger partial charge in [0.25, 0.3) is 0 Å². The molecular weight excluding hydrogens is 415 g/mol. The number of hydrogen-bond acceptors (Lipinski definition) is 6. The molecule has 1 aliphatic rings. The lowest BCUT2D eigenvalue weighted by atomic mass is 10.1. The van der Waals surface area contributed by atoms with Gasteiger partial charge in [-0.05, 0) is 59.3 Å². The summed E-state index contributed by atoms with van der Waals surface area (Å²) in [5.74, 6) is -0.676. The van der Waals surface area contributed by atoms with Crippen LogP contribution in [-0.4, -0.2) is 16.8 Å². The third-order valence-electron chi connectivity index (χ3n) is 3.10. The van der Waals surface area contributed by atoms with Crippen LogP contribution >= 0.6 is 22.6 Å². The Balaban J connectivity index is 1.92. The van der Waals surface area contributed by atoms with Gasteiger partial charge in [0.2, 0.25) is 5.90 Å². The summed E-state index contributed by atoms with van der Waals surface area (Å²) in [4.78, 5) is 25.9. The number of rotatable bonds is 3. The molecule has 0 unspecified atom stereocenters. The van der Waals surface area contributed by atoms with Crippen LogP contribution in [0.5, 0.6) is 0 Å². The van der Waals surface area contributed by atoms with Gasteiger partial charge in [-0.3, -0.25) is 10.1 Å². The van der Waals surface area contributed by atoms with E-state index in [-0.39, 0.29) is 17.4 Å². The van der Waals surface area contributed by atoms with E-state index < -0.39 is 16.8 Å². The van der Waals surface area contributed by atoms with E-state index in [4.69, 9.17) is 9.15 Å². The number of benzene rings is 1. The standard InChI is InChI=1S/C15H9IN2O5/c1-8-6-9(2-4-11(8)16)14-17-12(15(19)23-14)7-10-3-5-13(22-10)18(20)21/h2-7H,1H3/b12-7-. The highest BCUT2D eigenvalue weighted by Gasteiger charge is 2.25. The second-order valence-corrected chi connectivity index (χ2v) is 5.90. The molecule has 0 aliphatic carbocycles. The Morgan fingerprint density at radius 2 is 2.09 bits per heavy atom. The number of nitro groups is 1. The normalized spacial score (nSPS) is 15.7. The Hall–Kier alpha value is -2.49. The molecule has 3 rings (SSSR count). The second kappa shape index (κ2) is 5.95. The van der Waals surface area contributed by atoms with Crippen molar-refractivity contribution in [2.45, 2.75) is 6.92 Å². The summed E-state index contributed by atoms with van der Waals surface area (Å²) < 4.78 is 11.2. The predicted octanol–water partition coefficient (Wildman–Crippen LogP) is 3.45. The maximum absolute atomic E-state index is 11.9. The van der Waals surface area contributed by atoms with Crippen LogP contribution in [0.3, 0.4) is 0 Å². The molecule has 0 radical (unpaired) electrons. The Morgan fingerprint density at radius 1 is 1.30 bits per heavy atom. The van der Waals surface area contributed by atoms with Crippen molar-refractivity contribution in [3.63, 3.8) is 0 Å². The quantitative estimate of drug-likeness (QED) is 0.247. The summed E-state index contributed by atoms with van der Waals surface area (Å²) in [5.41, 5.74) is 1.76. The minimum atomic E-state index is -0.655. The van der Waals surface area contributed by atoms with Gasteiger partial charge in [0.1, 0.15) is 10.7 Å². The zero-order valence-electron chi connectivity index (χ0n) is 11.8. The molecule has 0 bridgehead atoms. The molecule has 1 aliphatic heterocycles. The van der Waals surface area contributed by atoms with Crippen molar-refractivity contribution in [2.24, 2.45) is 4.99 Å². The molecule has 8 heteroatoms. The van der Waals surface area contributed by atoms with E-state index in [9.17, 15) is 14.9 Å². The topological polar surface area (TPSA) is 94.9 Å². The second-order valence-electron chi connectivity index (χ2n) is 4.73. The molecule has 2 aromatic rings. The minimum absolute atomic E-state index is 0.0282. The SMILES string of the molecule is Cc1cc(C2=N/C(=C\c3ccc([N+](=O)[O-])o3)C(=O)O2)ccc1I. The first kappa shape index (κ1) is 15.4. The van der Waals surface area contributed by atoms with Crippen molar-refractivity contribution in [1.82, 2.24) is 0 Å². The van der Waals surface area contributed by atoms with Crippen molar-refractivity contribution in [2.75, 3.05) is 0 Å². The number of esters is 1. The van der Waals surface area contributed by atoms with Crippen LogP contribution in [0.4, 0.5) is 5.88 Å². The van der Waals surface area contributed by atoms with Crippen LogP contribution in [0.15, 0.2) is 45.4 Å². The predicted molar refractivity (Wildman–Crippen MR) is 89.9 cm³/mol. The van der Waals surface area contributed by atoms with Gasteiger partial charge >= 0.3 is 11.9 Å². The van der Waals surface area contributed by atoms with E-state index in [1.54, 1.807) is 0 Å². The summed E-state index contributed by atoms with van der Waals surface area (Å²) in [7, 11) is 0. The number of carbonyl (C=O) groups excluding carboxylic acids is 1. The molecule has 7 nitrogen and oxygen atoms in total. The molecular formula is C15H9IN2O5. The van der Waals surface area contributed by atoms with Gasteiger partial charge < -0.3 is 9.15 Å². The number of halogens is 1. The molecule has 0 atom stereocenters. The molecule has 0 amide bonds. The van der Waals surface area contributed by atoms with E-state index in [2.05, 4.69) is 27.6 Å². The van der Waals surface area contributed by atoms with Gasteiger partial charge in [0.05, 0.1) is 6.07 Å². The maximum Gasteiger partial charge on any atom is 0.433 e. The van der Waals surface area contributed by atoms with Crippen LogP contribution < -0.4 is 0 Å². The summed E-state index contributed by atoms with van der Waals surface area (Å²) in [5, 5.41) is 10.6. The lowest BCUT2D eigenvalue weighted by molar-refractivity contribution is -0.402. The first-order chi connectivity index (χ1) is 10.9. The molecule has 23 heavy (non-hydrogen) atoms. The maximum atomic E-state index is 11.9. The van der Waals surface area contributed by atoms with Crippen LogP contribution in [0.2, 0.25) is 0 Å². The van der Waals surface area contributed by atoms with Crippen molar-refractivity contribution in [3.05, 3.63) is 66.6 Å². The summed E-state index contributed by atoms with van der Waals surface area (Å²) in [6.07, 6.45) is 1.31. The summed E-state index contributed by atoms with van der Waals surface area (Å²) >= 11 is 2.21. The number of aryl methyl sites for hydroxylation is 1. The monoisotopic (exact) mass is 424 g/mol. The first-order valence-corrected chi connectivity index (χ1v) is 7.55. The molecule has 0 saturated carbocycles. The van der Waals surface area contributed by atoms with Gasteiger partial charge in [-0.1, -0.05) is 0 Å². The van der Waals surface area contributed by atoms with Gasteiger partial charge in [0, 0.05) is 15.2 Å². The fourth-order valence-electron chi connectivity index (χ4n) is 1.96. The van der Waals surface area contributed by atoms with Crippen LogP contribution in [-0.2, 0) is 9.53 Å². The van der Waals surface area contributed by atoms with Gasteiger partial charge in [-0.2, -0.15) is 0 Å². The lowest BCUT2D eigenvalue weighted by Gasteiger charge is -2.02. The van der Waals surface area contributed by atoms with Crippen LogP contribution in [0.1, 0.15) is 16.9 Å². The Labute approximate surface area is 143 Å². The Kier molecular flexibility index (Phi) is 3.99. The minimum Gasteiger partial charge on any atom is -0.402 e. The van der Waals surface area contributed by atoms with Crippen molar-refractivity contribution in [1.29, 1.82) is 0 Å². The smallest absolute Gasteiger partial charge is 0.402 e. The molecule has 0 spiro atoms. The van der Waals surface area contributed by atoms with E-state index in [0.29, 0.717) is 5.56 Å². The van der Waals surface area contributed by atoms with Crippen LogP contribution in [0.25, 0.3) is 6.08 Å². The van der Waals surface area contributed by atoms with Crippen molar-refractivity contribution < 1.29 is 18.9 Å². The summed E-state index contributed by atoms with van der Waals surface area (Å²) in [6, 6.07) is 8.18. The highest BCUT2D eigenvalue weighted by Crippen LogP contribution is 2.23. The number of aliphatic imine (C=N–C) groups is 1. The molecule has 1 aromatic heterocycles. The summed E-state index contributed by atoms with van der Waals surface area (Å²) in [6.45, 7) is 1.95. The molecule has 0 N–H and O–H groups in total. The Bertz CT molecular complexity index is 882. The van der Waals surface area contributed by atoms with Crippen LogP contribution in [0, 0.1) is 20.6 Å². The van der Waals surface area contributed by atoms with Gasteiger partial charge in [0.15, 0.2) is 5.70 Å². The highest BCUT2D eigenvalue weighted by atomic mass is 127. The first-order valence-electron chi connectivity index (χ1n) is 6.47.